The molecule has 0 saturated carbocycles. The van der Waals surface area contributed by atoms with Gasteiger partial charge >= 0.3 is 0 Å². The Balaban J connectivity index is 3.88. The molecule has 0 radical (unpaired) electrons. The van der Waals surface area contributed by atoms with Crippen LogP contribution in [0.3, 0.4) is 0 Å². The van der Waals surface area contributed by atoms with Crippen molar-refractivity contribution in [3.05, 3.63) is 0 Å². The van der Waals surface area contributed by atoms with Crippen LogP contribution in [-0.4, -0.2) is 39.3 Å². The molecule has 2 N–H and O–H groups in total. The van der Waals surface area contributed by atoms with E-state index in [9.17, 15) is 4.79 Å². The fourth-order valence-electron chi connectivity index (χ4n) is 1.21. The van der Waals surface area contributed by atoms with E-state index in [1.165, 1.54) is 0 Å². The van der Waals surface area contributed by atoms with E-state index in [-0.39, 0.29) is 17.9 Å². The Bertz CT molecular complexity index is 162. The topological polar surface area (TPSA) is 50.4 Å². The molecule has 84 valence electrons. The van der Waals surface area contributed by atoms with Crippen molar-refractivity contribution in [2.45, 2.75) is 26.3 Å². The van der Waals surface area contributed by atoms with Gasteiger partial charge in [0.2, 0.25) is 5.91 Å². The minimum Gasteiger partial charge on any atom is -0.383 e. The number of hydrogen-bond donors (Lipinski definition) is 2. The first-order chi connectivity index (χ1) is 6.65. The first-order valence-corrected chi connectivity index (χ1v) is 5.09. The Kier molecular flexibility index (Phi) is 7.42. The average molecular weight is 202 g/mol. The second-order valence-corrected chi connectivity index (χ2v) is 3.53. The third-order valence-electron chi connectivity index (χ3n) is 2.16. The standard InChI is InChI=1S/C10H22N2O2/c1-5-9(7-14-4)12-10(13)8(2)6-11-3/h8-9,11H,5-7H2,1-4H3,(H,12,13). The summed E-state index contributed by atoms with van der Waals surface area (Å²) in [6, 6.07) is 0.131. The van der Waals surface area contributed by atoms with Gasteiger partial charge in [0.1, 0.15) is 0 Å². The molecule has 2 unspecified atom stereocenters. The Morgan fingerprint density at radius 1 is 1.50 bits per heavy atom. The van der Waals surface area contributed by atoms with Crippen LogP contribution in [0, 0.1) is 5.92 Å². The van der Waals surface area contributed by atoms with E-state index in [1.54, 1.807) is 7.11 Å². The van der Waals surface area contributed by atoms with Crippen LogP contribution in [0.4, 0.5) is 0 Å². The monoisotopic (exact) mass is 202 g/mol. The number of hydrogen-bond acceptors (Lipinski definition) is 3. The van der Waals surface area contributed by atoms with E-state index in [1.807, 2.05) is 20.9 Å². The molecule has 1 amide bonds. The first kappa shape index (κ1) is 13.4. The molecule has 0 aromatic rings. The number of carbonyl (C=O) groups excluding carboxylic acids is 1. The quantitative estimate of drug-likeness (QED) is 0.627. The molecule has 0 spiro atoms. The highest BCUT2D eigenvalue weighted by atomic mass is 16.5. The number of amides is 1. The van der Waals surface area contributed by atoms with Crippen molar-refractivity contribution in [1.82, 2.24) is 10.6 Å². The highest BCUT2D eigenvalue weighted by Gasteiger charge is 2.15. The fraction of sp³-hybridized carbons (Fsp3) is 0.900. The Labute approximate surface area is 86.4 Å². The summed E-state index contributed by atoms with van der Waals surface area (Å²) in [6.45, 7) is 5.22. The molecule has 0 aromatic heterocycles. The van der Waals surface area contributed by atoms with Gasteiger partial charge in [-0.3, -0.25) is 4.79 Å². The van der Waals surface area contributed by atoms with Gasteiger partial charge in [-0.05, 0) is 13.5 Å². The zero-order valence-electron chi connectivity index (χ0n) is 9.59. The zero-order chi connectivity index (χ0) is 11.0. The number of rotatable bonds is 7. The predicted octanol–water partition coefficient (Wildman–Crippen LogP) is 0.383. The normalized spacial score (nSPS) is 14.9. The summed E-state index contributed by atoms with van der Waals surface area (Å²) in [5.41, 5.74) is 0. The number of nitrogens with one attached hydrogen (secondary N) is 2. The third-order valence-corrected chi connectivity index (χ3v) is 2.16. The van der Waals surface area contributed by atoms with Crippen molar-refractivity contribution in [1.29, 1.82) is 0 Å². The van der Waals surface area contributed by atoms with Gasteiger partial charge in [0, 0.05) is 19.6 Å². The second-order valence-electron chi connectivity index (χ2n) is 3.53. The van der Waals surface area contributed by atoms with E-state index in [0.717, 1.165) is 6.42 Å². The molecule has 0 aromatic carbocycles. The first-order valence-electron chi connectivity index (χ1n) is 5.09. The minimum atomic E-state index is 0.00547. The lowest BCUT2D eigenvalue weighted by Crippen LogP contribution is -2.42. The molecule has 2 atom stereocenters. The van der Waals surface area contributed by atoms with Gasteiger partial charge in [0.25, 0.3) is 0 Å². The molecule has 0 fully saturated rings. The molecule has 0 bridgehead atoms. The number of carbonyl (C=O) groups is 1. The van der Waals surface area contributed by atoms with Crippen LogP contribution in [0.2, 0.25) is 0 Å². The van der Waals surface area contributed by atoms with Crippen molar-refractivity contribution >= 4 is 5.91 Å². The van der Waals surface area contributed by atoms with Crippen molar-refractivity contribution in [2.24, 2.45) is 5.92 Å². The van der Waals surface area contributed by atoms with Crippen LogP contribution in [-0.2, 0) is 9.53 Å². The summed E-state index contributed by atoms with van der Waals surface area (Å²) in [4.78, 5) is 11.6. The van der Waals surface area contributed by atoms with E-state index in [0.29, 0.717) is 13.2 Å². The smallest absolute Gasteiger partial charge is 0.224 e. The van der Waals surface area contributed by atoms with Crippen molar-refractivity contribution in [2.75, 3.05) is 27.3 Å². The van der Waals surface area contributed by atoms with Gasteiger partial charge in [0.15, 0.2) is 0 Å². The van der Waals surface area contributed by atoms with Crippen LogP contribution in [0.1, 0.15) is 20.3 Å². The van der Waals surface area contributed by atoms with Gasteiger partial charge in [-0.2, -0.15) is 0 Å². The third kappa shape index (κ3) is 5.19. The van der Waals surface area contributed by atoms with Crippen LogP contribution >= 0.6 is 0 Å². The van der Waals surface area contributed by atoms with Gasteiger partial charge in [0.05, 0.1) is 12.6 Å². The average Bonchev–Trinajstić information content (AvgIpc) is 2.17. The van der Waals surface area contributed by atoms with Crippen molar-refractivity contribution in [3.8, 4) is 0 Å². The zero-order valence-corrected chi connectivity index (χ0v) is 9.59. The predicted molar refractivity (Wildman–Crippen MR) is 57.2 cm³/mol. The van der Waals surface area contributed by atoms with Crippen LogP contribution in [0.25, 0.3) is 0 Å². The van der Waals surface area contributed by atoms with Crippen LogP contribution < -0.4 is 10.6 Å². The minimum absolute atomic E-state index is 0.00547. The highest BCUT2D eigenvalue weighted by Crippen LogP contribution is 1.97. The molecule has 0 aliphatic heterocycles. The Morgan fingerprint density at radius 3 is 2.57 bits per heavy atom. The molecule has 4 heteroatoms. The lowest BCUT2D eigenvalue weighted by atomic mass is 10.1. The maximum absolute atomic E-state index is 11.6. The van der Waals surface area contributed by atoms with E-state index < -0.39 is 0 Å². The molecule has 0 aliphatic carbocycles. The molecular weight excluding hydrogens is 180 g/mol. The maximum Gasteiger partial charge on any atom is 0.224 e. The summed E-state index contributed by atoms with van der Waals surface area (Å²) in [5.74, 6) is 0.0918. The molecule has 0 saturated heterocycles. The maximum atomic E-state index is 11.6. The van der Waals surface area contributed by atoms with Crippen LogP contribution in [0.15, 0.2) is 0 Å². The molecule has 4 nitrogen and oxygen atoms in total. The Hall–Kier alpha value is -0.610. The van der Waals surface area contributed by atoms with Gasteiger partial charge in [-0.25, -0.2) is 0 Å². The summed E-state index contributed by atoms with van der Waals surface area (Å²) < 4.78 is 5.01. The lowest BCUT2D eigenvalue weighted by molar-refractivity contribution is -0.125. The summed E-state index contributed by atoms with van der Waals surface area (Å²) in [7, 11) is 3.49. The van der Waals surface area contributed by atoms with E-state index in [2.05, 4.69) is 10.6 Å². The summed E-state index contributed by atoms with van der Waals surface area (Å²) >= 11 is 0. The van der Waals surface area contributed by atoms with Gasteiger partial charge in [-0.15, -0.1) is 0 Å². The second kappa shape index (κ2) is 7.76. The number of methoxy groups -OCH3 is 1. The van der Waals surface area contributed by atoms with E-state index in [4.69, 9.17) is 4.74 Å². The van der Waals surface area contributed by atoms with E-state index >= 15 is 0 Å². The Morgan fingerprint density at radius 2 is 2.14 bits per heavy atom. The van der Waals surface area contributed by atoms with Gasteiger partial charge < -0.3 is 15.4 Å². The molecule has 14 heavy (non-hydrogen) atoms. The van der Waals surface area contributed by atoms with Crippen molar-refractivity contribution < 1.29 is 9.53 Å². The molecular formula is C10H22N2O2. The van der Waals surface area contributed by atoms with Crippen molar-refractivity contribution in [3.63, 3.8) is 0 Å². The SMILES string of the molecule is CCC(COC)NC(=O)C(C)CNC. The molecule has 0 rings (SSSR count). The molecule has 0 heterocycles. The van der Waals surface area contributed by atoms with Crippen LogP contribution in [0.5, 0.6) is 0 Å². The van der Waals surface area contributed by atoms with Gasteiger partial charge in [-0.1, -0.05) is 13.8 Å². The largest absolute Gasteiger partial charge is 0.383 e. The number of ether oxygens (including phenoxy) is 1. The summed E-state index contributed by atoms with van der Waals surface area (Å²) in [5, 5.41) is 5.93. The molecule has 0 aliphatic rings. The highest BCUT2D eigenvalue weighted by molar-refractivity contribution is 5.78. The summed E-state index contributed by atoms with van der Waals surface area (Å²) in [6.07, 6.45) is 0.895. The fourth-order valence-corrected chi connectivity index (χ4v) is 1.21. The lowest BCUT2D eigenvalue weighted by Gasteiger charge is -2.18.